The summed E-state index contributed by atoms with van der Waals surface area (Å²) in [4.78, 5) is 16.2. The number of hydrogen-bond acceptors (Lipinski definition) is 4. The maximum Gasteiger partial charge on any atom is 0.302 e. The minimum atomic E-state index is -4.55. The third kappa shape index (κ3) is 4.09. The van der Waals surface area contributed by atoms with Crippen molar-refractivity contribution in [1.29, 1.82) is 0 Å². The van der Waals surface area contributed by atoms with Gasteiger partial charge in [0.2, 0.25) is 5.91 Å². The summed E-state index contributed by atoms with van der Waals surface area (Å²) in [5, 5.41) is 0. The van der Waals surface area contributed by atoms with Crippen LogP contribution in [-0.4, -0.2) is 44.6 Å². The monoisotopic (exact) mass is 340 g/mol. The molecule has 2 heterocycles. The Bertz CT molecular complexity index is 686. The zero-order chi connectivity index (χ0) is 16.4. The van der Waals surface area contributed by atoms with Crippen LogP contribution in [0.3, 0.4) is 0 Å². The van der Waals surface area contributed by atoms with Crippen LogP contribution in [0.25, 0.3) is 0 Å². The predicted octanol–water partition coefficient (Wildman–Crippen LogP) is 1.93. The molecule has 0 spiro atoms. The number of carbonyl (C=O) groups excluding carboxylic acids is 1. The maximum atomic E-state index is 12.9. The summed E-state index contributed by atoms with van der Waals surface area (Å²) in [5.74, 6) is -1.19. The van der Waals surface area contributed by atoms with E-state index in [-0.39, 0.29) is 18.9 Å². The standard InChI is InChI=1S/C16H21FN2O3S/c17-23(21,22)12-13-9-16(20)19(10-13)15-6-2-1-5-14(15)11-18-7-3-4-8-18/h1-2,5-6,13H,3-4,7-12H2. The Morgan fingerprint density at radius 2 is 1.87 bits per heavy atom. The van der Waals surface area contributed by atoms with Gasteiger partial charge < -0.3 is 4.90 Å². The molecule has 1 unspecified atom stereocenters. The van der Waals surface area contributed by atoms with Crippen molar-refractivity contribution in [2.45, 2.75) is 25.8 Å². The molecule has 0 radical (unpaired) electrons. The van der Waals surface area contributed by atoms with Gasteiger partial charge >= 0.3 is 10.2 Å². The van der Waals surface area contributed by atoms with Crippen molar-refractivity contribution >= 4 is 21.8 Å². The van der Waals surface area contributed by atoms with Gasteiger partial charge in [0.1, 0.15) is 0 Å². The van der Waals surface area contributed by atoms with Crippen molar-refractivity contribution in [3.05, 3.63) is 29.8 Å². The van der Waals surface area contributed by atoms with E-state index in [4.69, 9.17) is 0 Å². The van der Waals surface area contributed by atoms with Gasteiger partial charge in [-0.1, -0.05) is 18.2 Å². The highest BCUT2D eigenvalue weighted by Gasteiger charge is 2.34. The molecule has 0 aliphatic carbocycles. The van der Waals surface area contributed by atoms with E-state index in [1.807, 2.05) is 24.3 Å². The predicted molar refractivity (Wildman–Crippen MR) is 86.3 cm³/mol. The normalized spacial score (nSPS) is 22.9. The van der Waals surface area contributed by atoms with E-state index in [9.17, 15) is 17.1 Å². The van der Waals surface area contributed by atoms with Gasteiger partial charge in [-0.25, -0.2) is 0 Å². The quantitative estimate of drug-likeness (QED) is 0.769. The van der Waals surface area contributed by atoms with Crippen LogP contribution in [-0.2, 0) is 21.6 Å². The third-order valence-electron chi connectivity index (χ3n) is 4.51. The van der Waals surface area contributed by atoms with E-state index >= 15 is 0 Å². The lowest BCUT2D eigenvalue weighted by Gasteiger charge is -2.23. The van der Waals surface area contributed by atoms with Crippen LogP contribution in [0, 0.1) is 5.92 Å². The average Bonchev–Trinajstić information content (AvgIpc) is 3.08. The summed E-state index contributed by atoms with van der Waals surface area (Å²) in [6, 6.07) is 7.70. The fraction of sp³-hybridized carbons (Fsp3) is 0.562. The molecule has 5 nitrogen and oxygen atoms in total. The summed E-state index contributed by atoms with van der Waals surface area (Å²) in [6.45, 7) is 3.17. The largest absolute Gasteiger partial charge is 0.312 e. The Kier molecular flexibility index (Phi) is 4.68. The number of halogens is 1. The number of para-hydroxylation sites is 1. The molecular weight excluding hydrogens is 319 g/mol. The summed E-state index contributed by atoms with van der Waals surface area (Å²) in [5.41, 5.74) is 1.88. The van der Waals surface area contributed by atoms with Crippen LogP contribution in [0.1, 0.15) is 24.8 Å². The molecule has 2 fully saturated rings. The molecule has 2 aliphatic heterocycles. The fourth-order valence-corrected chi connectivity index (χ4v) is 4.28. The van der Waals surface area contributed by atoms with Gasteiger partial charge in [0.25, 0.3) is 0 Å². The van der Waals surface area contributed by atoms with E-state index < -0.39 is 21.9 Å². The van der Waals surface area contributed by atoms with Crippen molar-refractivity contribution in [2.75, 3.05) is 30.3 Å². The molecule has 1 atom stereocenters. The van der Waals surface area contributed by atoms with Crippen LogP contribution >= 0.6 is 0 Å². The first-order valence-corrected chi connectivity index (χ1v) is 9.50. The molecule has 1 aromatic carbocycles. The minimum Gasteiger partial charge on any atom is -0.312 e. The molecule has 23 heavy (non-hydrogen) atoms. The fourth-order valence-electron chi connectivity index (χ4n) is 3.50. The molecule has 0 aromatic heterocycles. The number of nitrogens with zero attached hydrogens (tertiary/aromatic N) is 2. The van der Waals surface area contributed by atoms with Crippen molar-refractivity contribution in [2.24, 2.45) is 5.92 Å². The Hall–Kier alpha value is -1.47. The third-order valence-corrected chi connectivity index (χ3v) is 5.38. The van der Waals surface area contributed by atoms with Gasteiger partial charge in [-0.2, -0.15) is 8.42 Å². The molecule has 2 saturated heterocycles. The number of likely N-dealkylation sites (tertiary alicyclic amines) is 1. The van der Waals surface area contributed by atoms with Gasteiger partial charge in [-0.15, -0.1) is 3.89 Å². The number of carbonyl (C=O) groups is 1. The SMILES string of the molecule is O=C1CC(CS(=O)(=O)F)CN1c1ccccc1CN1CCCC1. The van der Waals surface area contributed by atoms with Gasteiger partial charge in [0.15, 0.2) is 0 Å². The first kappa shape index (κ1) is 16.4. The van der Waals surface area contributed by atoms with Gasteiger partial charge in [-0.3, -0.25) is 9.69 Å². The molecule has 1 aromatic rings. The zero-order valence-electron chi connectivity index (χ0n) is 12.9. The molecule has 0 bridgehead atoms. The number of hydrogen-bond donors (Lipinski definition) is 0. The van der Waals surface area contributed by atoms with E-state index in [0.717, 1.165) is 30.9 Å². The molecule has 0 N–H and O–H groups in total. The van der Waals surface area contributed by atoms with E-state index in [1.54, 1.807) is 4.90 Å². The zero-order valence-corrected chi connectivity index (χ0v) is 13.8. The van der Waals surface area contributed by atoms with Crippen LogP contribution in [0.2, 0.25) is 0 Å². The van der Waals surface area contributed by atoms with Crippen LogP contribution < -0.4 is 4.90 Å². The minimum absolute atomic E-state index is 0.0845. The first-order valence-electron chi connectivity index (χ1n) is 7.95. The Balaban J connectivity index is 1.77. The van der Waals surface area contributed by atoms with Crippen LogP contribution in [0.4, 0.5) is 9.57 Å². The van der Waals surface area contributed by atoms with Gasteiger partial charge in [-0.05, 0) is 37.6 Å². The molecule has 2 aliphatic rings. The lowest BCUT2D eigenvalue weighted by Crippen LogP contribution is -2.28. The molecule has 3 rings (SSSR count). The van der Waals surface area contributed by atoms with Gasteiger partial charge in [0, 0.05) is 31.1 Å². The summed E-state index contributed by atoms with van der Waals surface area (Å²) in [6.07, 6.45) is 2.48. The number of amides is 1. The molecule has 126 valence electrons. The second-order valence-corrected chi connectivity index (χ2v) is 7.80. The van der Waals surface area contributed by atoms with Crippen molar-refractivity contribution < 1.29 is 17.1 Å². The van der Waals surface area contributed by atoms with E-state index in [1.165, 1.54) is 12.8 Å². The highest BCUT2D eigenvalue weighted by molar-refractivity contribution is 7.86. The Morgan fingerprint density at radius 3 is 2.57 bits per heavy atom. The topological polar surface area (TPSA) is 57.7 Å². The molecule has 0 saturated carbocycles. The summed E-state index contributed by atoms with van der Waals surface area (Å²) in [7, 11) is -4.55. The number of anilines is 1. The second kappa shape index (κ2) is 6.57. The first-order chi connectivity index (χ1) is 10.9. The Morgan fingerprint density at radius 1 is 1.17 bits per heavy atom. The van der Waals surface area contributed by atoms with E-state index in [0.29, 0.717) is 0 Å². The van der Waals surface area contributed by atoms with Crippen molar-refractivity contribution in [3.8, 4) is 0 Å². The second-order valence-electron chi connectivity index (χ2n) is 6.39. The number of benzene rings is 1. The smallest absolute Gasteiger partial charge is 0.302 e. The van der Waals surface area contributed by atoms with Crippen LogP contribution in [0.5, 0.6) is 0 Å². The van der Waals surface area contributed by atoms with Crippen molar-refractivity contribution in [3.63, 3.8) is 0 Å². The lowest BCUT2D eigenvalue weighted by atomic mass is 10.1. The average molecular weight is 340 g/mol. The molecule has 1 amide bonds. The van der Waals surface area contributed by atoms with E-state index in [2.05, 4.69) is 4.90 Å². The van der Waals surface area contributed by atoms with Crippen LogP contribution in [0.15, 0.2) is 24.3 Å². The summed E-state index contributed by atoms with van der Waals surface area (Å²) < 4.78 is 34.5. The number of rotatable bonds is 5. The lowest BCUT2D eigenvalue weighted by molar-refractivity contribution is -0.117. The van der Waals surface area contributed by atoms with Crippen molar-refractivity contribution in [1.82, 2.24) is 4.90 Å². The van der Waals surface area contributed by atoms with Gasteiger partial charge in [0.05, 0.1) is 5.75 Å². The molecule has 7 heteroatoms. The highest BCUT2D eigenvalue weighted by Crippen LogP contribution is 2.30. The summed E-state index contributed by atoms with van der Waals surface area (Å²) >= 11 is 0. The molecular formula is C16H21FN2O3S. The highest BCUT2D eigenvalue weighted by atomic mass is 32.3. The maximum absolute atomic E-state index is 12.9. The Labute approximate surface area is 136 Å².